The summed E-state index contributed by atoms with van der Waals surface area (Å²) in [4.78, 5) is 24.9. The second kappa shape index (κ2) is 7.40. The van der Waals surface area contributed by atoms with E-state index in [1.54, 1.807) is 6.26 Å². The number of furan rings is 1. The van der Waals surface area contributed by atoms with E-state index in [2.05, 4.69) is 10.2 Å². The number of benzene rings is 1. The van der Waals surface area contributed by atoms with Gasteiger partial charge >= 0.3 is 0 Å². The zero-order valence-corrected chi connectivity index (χ0v) is 15.6. The lowest BCUT2D eigenvalue weighted by molar-refractivity contribution is -0.137. The highest BCUT2D eigenvalue weighted by Gasteiger charge is 2.28. The fourth-order valence-corrected chi connectivity index (χ4v) is 3.94. The van der Waals surface area contributed by atoms with Crippen molar-refractivity contribution < 1.29 is 14.0 Å². The summed E-state index contributed by atoms with van der Waals surface area (Å²) in [6.45, 7) is 2.26. The average molecular weight is 382 g/mol. The molecule has 3 aromatic rings. The van der Waals surface area contributed by atoms with Gasteiger partial charge in [0.05, 0.1) is 11.8 Å². The Morgan fingerprint density at radius 3 is 2.48 bits per heavy atom. The van der Waals surface area contributed by atoms with Crippen molar-refractivity contribution in [3.05, 3.63) is 48.4 Å². The fourth-order valence-electron chi connectivity index (χ4n) is 3.07. The highest BCUT2D eigenvalue weighted by atomic mass is 32.2. The Balaban J connectivity index is 1.61. The predicted octanol–water partition coefficient (Wildman–Crippen LogP) is 3.08. The van der Waals surface area contributed by atoms with Crippen LogP contribution in [0, 0.1) is 6.92 Å². The van der Waals surface area contributed by atoms with E-state index in [1.807, 2.05) is 47.9 Å². The van der Waals surface area contributed by atoms with E-state index in [0.29, 0.717) is 36.1 Å². The summed E-state index contributed by atoms with van der Waals surface area (Å²) in [5.41, 5.74) is 1.82. The quantitative estimate of drug-likeness (QED) is 0.481. The molecule has 0 bridgehead atoms. The first-order valence-corrected chi connectivity index (χ1v) is 9.65. The van der Waals surface area contributed by atoms with Crippen molar-refractivity contribution >= 4 is 23.6 Å². The molecule has 0 atom stereocenters. The van der Waals surface area contributed by atoms with Gasteiger partial charge in [0, 0.05) is 30.8 Å². The molecule has 2 amide bonds. The van der Waals surface area contributed by atoms with Crippen LogP contribution in [0.1, 0.15) is 18.6 Å². The van der Waals surface area contributed by atoms with Gasteiger partial charge in [-0.3, -0.25) is 19.1 Å². The molecule has 1 aliphatic heterocycles. The molecular weight excluding hydrogens is 364 g/mol. The van der Waals surface area contributed by atoms with Gasteiger partial charge in [-0.1, -0.05) is 30.0 Å². The summed E-state index contributed by atoms with van der Waals surface area (Å²) in [5.74, 6) is 1.83. The second-order valence-electron chi connectivity index (χ2n) is 6.16. The van der Waals surface area contributed by atoms with Gasteiger partial charge < -0.3 is 4.42 Å². The number of hydrogen-bond acceptors (Lipinski definition) is 6. The number of aromatic nitrogens is 3. The van der Waals surface area contributed by atoms with Crippen molar-refractivity contribution in [2.24, 2.45) is 0 Å². The van der Waals surface area contributed by atoms with Crippen LogP contribution < -0.4 is 0 Å². The molecule has 138 valence electrons. The average Bonchev–Trinajstić information content (AvgIpc) is 3.37. The van der Waals surface area contributed by atoms with Gasteiger partial charge in [0.1, 0.15) is 5.76 Å². The number of carbonyl (C=O) groups excluding carboxylic acids is 2. The summed E-state index contributed by atoms with van der Waals surface area (Å²) < 4.78 is 7.39. The minimum absolute atomic E-state index is 0.0974. The largest absolute Gasteiger partial charge is 0.469 e. The molecule has 8 heteroatoms. The molecule has 4 rings (SSSR count). The van der Waals surface area contributed by atoms with E-state index < -0.39 is 0 Å². The van der Waals surface area contributed by atoms with Gasteiger partial charge in [-0.05, 0) is 25.1 Å². The summed E-state index contributed by atoms with van der Waals surface area (Å²) in [6, 6.07) is 11.7. The fraction of sp³-hybridized carbons (Fsp3) is 0.263. The lowest BCUT2D eigenvalue weighted by atomic mass is 10.2. The third-order valence-corrected chi connectivity index (χ3v) is 5.36. The molecule has 1 aromatic carbocycles. The molecule has 1 aliphatic rings. The number of hydrogen-bond donors (Lipinski definition) is 0. The Bertz CT molecular complexity index is 964. The number of carbonyl (C=O) groups is 2. The Morgan fingerprint density at radius 2 is 1.81 bits per heavy atom. The Labute approximate surface area is 160 Å². The van der Waals surface area contributed by atoms with Crippen LogP contribution in [0.15, 0.2) is 52.2 Å². The van der Waals surface area contributed by atoms with E-state index in [0.717, 1.165) is 17.0 Å². The summed E-state index contributed by atoms with van der Waals surface area (Å²) in [5, 5.41) is 9.40. The number of likely N-dealkylation sites (tertiary alicyclic amines) is 1. The van der Waals surface area contributed by atoms with Crippen LogP contribution in [0.4, 0.5) is 0 Å². The standard InChI is InChI=1S/C19H18N4O3S/c1-13-15(9-11-26-13)18-20-21-19(23(18)14-5-3-2-4-6-14)27-12-10-22-16(24)7-8-17(22)25/h2-6,9,11H,7-8,10,12H2,1H3. The van der Waals surface area contributed by atoms with E-state index in [9.17, 15) is 9.59 Å². The minimum Gasteiger partial charge on any atom is -0.469 e. The first kappa shape index (κ1) is 17.5. The van der Waals surface area contributed by atoms with E-state index in [4.69, 9.17) is 4.42 Å². The van der Waals surface area contributed by atoms with E-state index in [-0.39, 0.29) is 11.8 Å². The summed E-state index contributed by atoms with van der Waals surface area (Å²) >= 11 is 1.47. The van der Waals surface area contributed by atoms with Crippen molar-refractivity contribution in [3.8, 4) is 17.1 Å². The van der Waals surface area contributed by atoms with Crippen molar-refractivity contribution in [2.45, 2.75) is 24.9 Å². The predicted molar refractivity (Wildman–Crippen MR) is 100 cm³/mol. The van der Waals surface area contributed by atoms with Crippen LogP contribution >= 0.6 is 11.8 Å². The molecule has 0 unspecified atom stereocenters. The van der Waals surface area contributed by atoms with E-state index in [1.165, 1.54) is 16.7 Å². The summed E-state index contributed by atoms with van der Waals surface area (Å²) in [6.07, 6.45) is 2.26. The molecule has 0 radical (unpaired) electrons. The van der Waals surface area contributed by atoms with Gasteiger partial charge in [0.25, 0.3) is 0 Å². The third-order valence-electron chi connectivity index (χ3n) is 4.45. The van der Waals surface area contributed by atoms with Crippen LogP contribution in [-0.2, 0) is 9.59 Å². The van der Waals surface area contributed by atoms with Crippen LogP contribution in [0.5, 0.6) is 0 Å². The molecule has 0 aliphatic carbocycles. The number of para-hydroxylation sites is 1. The Morgan fingerprint density at radius 1 is 1.07 bits per heavy atom. The van der Waals surface area contributed by atoms with Crippen LogP contribution in [0.3, 0.4) is 0 Å². The van der Waals surface area contributed by atoms with Gasteiger partial charge in [0.2, 0.25) is 11.8 Å². The van der Waals surface area contributed by atoms with Crippen molar-refractivity contribution in [1.29, 1.82) is 0 Å². The first-order chi connectivity index (χ1) is 13.1. The number of thioether (sulfide) groups is 1. The maximum Gasteiger partial charge on any atom is 0.229 e. The molecular formula is C19H18N4O3S. The number of aryl methyl sites for hydroxylation is 1. The highest BCUT2D eigenvalue weighted by molar-refractivity contribution is 7.99. The first-order valence-electron chi connectivity index (χ1n) is 8.66. The molecule has 3 heterocycles. The van der Waals surface area contributed by atoms with Crippen molar-refractivity contribution in [1.82, 2.24) is 19.7 Å². The molecule has 1 fully saturated rings. The molecule has 2 aromatic heterocycles. The Hall–Kier alpha value is -2.87. The molecule has 1 saturated heterocycles. The summed E-state index contributed by atoms with van der Waals surface area (Å²) in [7, 11) is 0. The number of rotatable bonds is 6. The zero-order chi connectivity index (χ0) is 18.8. The molecule has 27 heavy (non-hydrogen) atoms. The van der Waals surface area contributed by atoms with Crippen LogP contribution in [0.2, 0.25) is 0 Å². The smallest absolute Gasteiger partial charge is 0.229 e. The SMILES string of the molecule is Cc1occc1-c1nnc(SCCN2C(=O)CCC2=O)n1-c1ccccc1. The monoisotopic (exact) mass is 382 g/mol. The van der Waals surface area contributed by atoms with Gasteiger partial charge in [-0.15, -0.1) is 10.2 Å². The molecule has 0 N–H and O–H groups in total. The minimum atomic E-state index is -0.0974. The van der Waals surface area contributed by atoms with Crippen LogP contribution in [-0.4, -0.2) is 43.8 Å². The molecule has 0 spiro atoms. The number of amides is 2. The van der Waals surface area contributed by atoms with Crippen LogP contribution in [0.25, 0.3) is 17.1 Å². The lowest BCUT2D eigenvalue weighted by Gasteiger charge is -2.13. The molecule has 7 nitrogen and oxygen atoms in total. The highest BCUT2D eigenvalue weighted by Crippen LogP contribution is 2.30. The number of nitrogens with zero attached hydrogens (tertiary/aromatic N) is 4. The maximum atomic E-state index is 11.8. The normalized spacial score (nSPS) is 14.3. The van der Waals surface area contributed by atoms with Crippen molar-refractivity contribution in [2.75, 3.05) is 12.3 Å². The third kappa shape index (κ3) is 3.40. The lowest BCUT2D eigenvalue weighted by Crippen LogP contribution is -2.31. The van der Waals surface area contributed by atoms with Gasteiger partial charge in [-0.25, -0.2) is 0 Å². The van der Waals surface area contributed by atoms with Gasteiger partial charge in [0.15, 0.2) is 11.0 Å². The van der Waals surface area contributed by atoms with Gasteiger partial charge in [-0.2, -0.15) is 0 Å². The Kier molecular flexibility index (Phi) is 4.81. The zero-order valence-electron chi connectivity index (χ0n) is 14.8. The number of imide groups is 1. The maximum absolute atomic E-state index is 11.8. The topological polar surface area (TPSA) is 81.2 Å². The van der Waals surface area contributed by atoms with E-state index >= 15 is 0 Å². The second-order valence-corrected chi connectivity index (χ2v) is 7.22. The molecule has 0 saturated carbocycles. The van der Waals surface area contributed by atoms with Crippen molar-refractivity contribution in [3.63, 3.8) is 0 Å².